The Hall–Kier alpha value is -2.09. The average molecular weight is 342 g/mol. The highest BCUT2D eigenvalue weighted by atomic mass is 19.4. The molecule has 1 fully saturated rings. The molecule has 1 heterocycles. The van der Waals surface area contributed by atoms with E-state index >= 15 is 0 Å². The van der Waals surface area contributed by atoms with E-state index < -0.39 is 18.4 Å². The van der Waals surface area contributed by atoms with Crippen LogP contribution in [-0.2, 0) is 9.53 Å². The van der Waals surface area contributed by atoms with Crippen LogP contribution in [0.2, 0.25) is 0 Å². The van der Waals surface area contributed by atoms with Crippen molar-refractivity contribution in [1.29, 1.82) is 0 Å². The number of carbonyl (C=O) groups excluding carboxylic acids is 2. The normalized spacial score (nSPS) is 26.9. The summed E-state index contributed by atoms with van der Waals surface area (Å²) < 4.78 is 40.5. The van der Waals surface area contributed by atoms with Crippen LogP contribution in [0.3, 0.4) is 0 Å². The summed E-state index contributed by atoms with van der Waals surface area (Å²) in [6.45, 7) is 2.06. The molecule has 3 rings (SSSR count). The van der Waals surface area contributed by atoms with Gasteiger partial charge in [-0.1, -0.05) is 12.1 Å². The van der Waals surface area contributed by atoms with E-state index in [0.29, 0.717) is 11.3 Å². The fourth-order valence-electron chi connectivity index (χ4n) is 3.10. The quantitative estimate of drug-likeness (QED) is 0.898. The lowest BCUT2D eigenvalue weighted by molar-refractivity contribution is -0.353. The number of ether oxygens (including phenoxy) is 1. The maximum absolute atomic E-state index is 12.7. The van der Waals surface area contributed by atoms with Crippen LogP contribution in [0.25, 0.3) is 0 Å². The van der Waals surface area contributed by atoms with Crippen LogP contribution in [0.15, 0.2) is 24.3 Å². The van der Waals surface area contributed by atoms with Gasteiger partial charge in [-0.3, -0.25) is 14.3 Å². The van der Waals surface area contributed by atoms with Crippen molar-refractivity contribution in [3.63, 3.8) is 0 Å². The van der Waals surface area contributed by atoms with Gasteiger partial charge in [-0.2, -0.15) is 0 Å². The highest BCUT2D eigenvalue weighted by Crippen LogP contribution is 2.37. The summed E-state index contributed by atoms with van der Waals surface area (Å²) in [5.41, 5.74) is 0.877. The first-order chi connectivity index (χ1) is 11.2. The summed E-state index contributed by atoms with van der Waals surface area (Å²) in [5.74, 6) is -1.06. The maximum Gasteiger partial charge on any atom is 0.522 e. The Morgan fingerprint density at radius 2 is 1.96 bits per heavy atom. The second kappa shape index (κ2) is 6.08. The Morgan fingerprint density at radius 1 is 1.29 bits per heavy atom. The molecule has 2 aliphatic rings. The zero-order valence-corrected chi connectivity index (χ0v) is 13.0. The number of nitrogens with zero attached hydrogens (tertiary/aromatic N) is 1. The van der Waals surface area contributed by atoms with Gasteiger partial charge in [0, 0.05) is 18.5 Å². The topological polar surface area (TPSA) is 58.6 Å². The Bertz CT molecular complexity index is 656. The largest absolute Gasteiger partial charge is 0.522 e. The molecule has 1 aromatic carbocycles. The number of hydrogen-bond acceptors (Lipinski definition) is 3. The number of para-hydroxylation sites is 1. The van der Waals surface area contributed by atoms with Gasteiger partial charge in [-0.25, -0.2) is 0 Å². The lowest BCUT2D eigenvalue weighted by atomic mass is 9.81. The van der Waals surface area contributed by atoms with E-state index in [1.807, 2.05) is 0 Å². The summed E-state index contributed by atoms with van der Waals surface area (Å²) in [5, 5.41) is 2.79. The minimum atomic E-state index is -4.68. The summed E-state index contributed by atoms with van der Waals surface area (Å²) in [7, 11) is 0. The molecule has 8 heteroatoms. The molecule has 130 valence electrons. The monoisotopic (exact) mass is 342 g/mol. The molecule has 1 aromatic rings. The van der Waals surface area contributed by atoms with Crippen molar-refractivity contribution in [1.82, 2.24) is 5.32 Å². The average Bonchev–Trinajstić information content (AvgIpc) is 2.58. The highest BCUT2D eigenvalue weighted by molar-refractivity contribution is 6.06. The van der Waals surface area contributed by atoms with Gasteiger partial charge in [0.15, 0.2) is 0 Å². The minimum Gasteiger partial charge on any atom is -0.348 e. The van der Waals surface area contributed by atoms with Gasteiger partial charge in [0.05, 0.1) is 17.4 Å². The molecule has 0 saturated heterocycles. The first-order valence-electron chi connectivity index (χ1n) is 7.70. The molecule has 0 spiro atoms. The molecule has 1 aliphatic heterocycles. The molecule has 5 nitrogen and oxygen atoms in total. The first-order valence-corrected chi connectivity index (χ1v) is 7.70. The third-order valence-electron chi connectivity index (χ3n) is 4.28. The molecule has 0 aromatic heterocycles. The minimum absolute atomic E-state index is 0.0345. The van der Waals surface area contributed by atoms with Gasteiger partial charge < -0.3 is 10.2 Å². The number of nitrogens with one attached hydrogen (secondary N) is 1. The van der Waals surface area contributed by atoms with Crippen LogP contribution in [0.1, 0.15) is 30.1 Å². The number of rotatable bonds is 2. The smallest absolute Gasteiger partial charge is 0.348 e. The van der Waals surface area contributed by atoms with Crippen LogP contribution in [0.4, 0.5) is 18.9 Å². The summed E-state index contributed by atoms with van der Waals surface area (Å²) >= 11 is 0. The van der Waals surface area contributed by atoms with Crippen molar-refractivity contribution in [2.75, 3.05) is 11.4 Å². The Morgan fingerprint density at radius 3 is 2.62 bits per heavy atom. The third-order valence-corrected chi connectivity index (χ3v) is 4.28. The molecule has 1 atom stereocenters. The summed E-state index contributed by atoms with van der Waals surface area (Å²) in [6.07, 6.45) is -5.59. The number of amides is 2. The Labute approximate surface area is 136 Å². The number of alkyl halides is 3. The van der Waals surface area contributed by atoms with Crippen LogP contribution in [-0.4, -0.2) is 36.9 Å². The zero-order chi connectivity index (χ0) is 17.5. The van der Waals surface area contributed by atoms with Gasteiger partial charge in [0.1, 0.15) is 0 Å². The number of halogens is 3. The van der Waals surface area contributed by atoms with Gasteiger partial charge in [-0.15, -0.1) is 13.2 Å². The number of anilines is 1. The molecule has 0 bridgehead atoms. The molecule has 24 heavy (non-hydrogen) atoms. The molecule has 1 aliphatic carbocycles. The molecule has 2 amide bonds. The van der Waals surface area contributed by atoms with Gasteiger partial charge in [-0.05, 0) is 31.9 Å². The highest BCUT2D eigenvalue weighted by Gasteiger charge is 2.44. The van der Waals surface area contributed by atoms with Crippen LogP contribution in [0.5, 0.6) is 0 Å². The second-order valence-electron chi connectivity index (χ2n) is 6.19. The fraction of sp³-hybridized carbons (Fsp3) is 0.500. The van der Waals surface area contributed by atoms with E-state index in [1.54, 1.807) is 31.2 Å². The van der Waals surface area contributed by atoms with Crippen molar-refractivity contribution in [3.05, 3.63) is 29.8 Å². The Kier molecular flexibility index (Phi) is 4.25. The number of fused-ring (bicyclic) bond motifs is 1. The molecule has 1 unspecified atom stereocenters. The zero-order valence-electron chi connectivity index (χ0n) is 13.0. The van der Waals surface area contributed by atoms with E-state index in [-0.39, 0.29) is 37.2 Å². The SMILES string of the molecule is CC1CN(C(=O)C2CC(OC(F)(F)F)C2)c2ccccc2C(=O)N1. The van der Waals surface area contributed by atoms with Crippen LogP contribution < -0.4 is 10.2 Å². The van der Waals surface area contributed by atoms with E-state index in [9.17, 15) is 22.8 Å². The van der Waals surface area contributed by atoms with Gasteiger partial charge in [0.25, 0.3) is 5.91 Å². The van der Waals surface area contributed by atoms with Crippen LogP contribution in [0, 0.1) is 5.92 Å². The van der Waals surface area contributed by atoms with Crippen LogP contribution >= 0.6 is 0 Å². The first kappa shape index (κ1) is 16.8. The lowest BCUT2D eigenvalue weighted by Crippen LogP contribution is -2.48. The van der Waals surface area contributed by atoms with Gasteiger partial charge >= 0.3 is 6.36 Å². The fourth-order valence-corrected chi connectivity index (χ4v) is 3.10. The number of benzene rings is 1. The summed E-state index contributed by atoms with van der Waals surface area (Å²) in [4.78, 5) is 26.4. The summed E-state index contributed by atoms with van der Waals surface area (Å²) in [6, 6.07) is 6.47. The van der Waals surface area contributed by atoms with E-state index in [2.05, 4.69) is 10.1 Å². The van der Waals surface area contributed by atoms with Crippen molar-refractivity contribution in [2.45, 2.75) is 38.3 Å². The number of carbonyl (C=O) groups is 2. The van der Waals surface area contributed by atoms with Gasteiger partial charge in [0.2, 0.25) is 5.91 Å². The third kappa shape index (κ3) is 3.38. The van der Waals surface area contributed by atoms with E-state index in [1.165, 1.54) is 4.90 Å². The van der Waals surface area contributed by atoms with Crippen molar-refractivity contribution in [3.8, 4) is 0 Å². The molecular weight excluding hydrogens is 325 g/mol. The van der Waals surface area contributed by atoms with E-state index in [0.717, 1.165) is 0 Å². The molecule has 0 radical (unpaired) electrons. The maximum atomic E-state index is 12.7. The van der Waals surface area contributed by atoms with E-state index in [4.69, 9.17) is 0 Å². The van der Waals surface area contributed by atoms with Crippen molar-refractivity contribution < 1.29 is 27.5 Å². The second-order valence-corrected chi connectivity index (χ2v) is 6.19. The Balaban J connectivity index is 1.75. The number of hydrogen-bond donors (Lipinski definition) is 1. The molecule has 1 N–H and O–H groups in total. The molecular formula is C16H17F3N2O3. The predicted octanol–water partition coefficient (Wildman–Crippen LogP) is 2.47. The van der Waals surface area contributed by atoms with Crippen molar-refractivity contribution in [2.24, 2.45) is 5.92 Å². The standard InChI is InChI=1S/C16H17F3N2O3/c1-9-8-21(13-5-3-2-4-12(13)14(22)20-9)15(23)10-6-11(7-10)24-16(17,18)19/h2-5,9-11H,6-8H2,1H3,(H,20,22). The lowest BCUT2D eigenvalue weighted by Gasteiger charge is -2.37. The molecule has 1 saturated carbocycles. The van der Waals surface area contributed by atoms with Crippen molar-refractivity contribution >= 4 is 17.5 Å². The predicted molar refractivity (Wildman–Crippen MR) is 79.4 cm³/mol.